The first-order valence-corrected chi connectivity index (χ1v) is 14.8. The third-order valence-corrected chi connectivity index (χ3v) is 7.27. The first-order valence-electron chi connectivity index (χ1n) is 14.8. The molecule has 228 valence electrons. The zero-order valence-corrected chi connectivity index (χ0v) is 25.4. The standard InChI is InChI=1S/C29H52N6O5/c1-28(2,3)17-22(36)31-15-10-13-21(25(30)38)33-26(39)24-20(14-16-35(24)23(37)18-29(4,5)6)34-27(40)32-19-11-8-7-9-12-19/h19-21,24H,7-18H2,1-6H3,(H2,30,38)(H,31,36)(H,33,39)(H2,32,34,40). The Balaban J connectivity index is 2.06. The molecule has 0 bridgehead atoms. The molecule has 11 heteroatoms. The minimum Gasteiger partial charge on any atom is -0.368 e. The molecule has 2 rings (SSSR count). The van der Waals surface area contributed by atoms with Gasteiger partial charge in [0, 0.05) is 32.0 Å². The summed E-state index contributed by atoms with van der Waals surface area (Å²) in [6, 6.07) is -2.77. The molecular formula is C29H52N6O5. The molecule has 1 saturated heterocycles. The van der Waals surface area contributed by atoms with Crippen LogP contribution in [0, 0.1) is 10.8 Å². The number of nitrogens with two attached hydrogens (primary N) is 1. The van der Waals surface area contributed by atoms with E-state index in [0.717, 1.165) is 25.7 Å². The van der Waals surface area contributed by atoms with E-state index in [1.807, 2.05) is 41.5 Å². The van der Waals surface area contributed by atoms with Crippen LogP contribution in [0.5, 0.6) is 0 Å². The van der Waals surface area contributed by atoms with E-state index in [-0.39, 0.29) is 47.6 Å². The fourth-order valence-electron chi connectivity index (χ4n) is 5.37. The van der Waals surface area contributed by atoms with E-state index in [4.69, 9.17) is 5.73 Å². The topological polar surface area (TPSA) is 163 Å². The number of nitrogens with zero attached hydrogens (tertiary/aromatic N) is 1. The molecule has 0 aromatic carbocycles. The summed E-state index contributed by atoms with van der Waals surface area (Å²) in [5.74, 6) is -1.48. The summed E-state index contributed by atoms with van der Waals surface area (Å²) in [5.41, 5.74) is 5.19. The van der Waals surface area contributed by atoms with Gasteiger partial charge in [-0.15, -0.1) is 0 Å². The molecule has 0 spiro atoms. The van der Waals surface area contributed by atoms with Crippen LogP contribution in [0.2, 0.25) is 0 Å². The van der Waals surface area contributed by atoms with E-state index in [1.54, 1.807) is 0 Å². The maximum Gasteiger partial charge on any atom is 0.315 e. The average Bonchev–Trinajstić information content (AvgIpc) is 3.22. The van der Waals surface area contributed by atoms with Crippen LogP contribution in [0.15, 0.2) is 0 Å². The Bertz CT molecular complexity index is 904. The summed E-state index contributed by atoms with van der Waals surface area (Å²) >= 11 is 0. The van der Waals surface area contributed by atoms with Crippen LogP contribution < -0.4 is 27.0 Å². The number of hydrogen-bond acceptors (Lipinski definition) is 5. The van der Waals surface area contributed by atoms with Gasteiger partial charge in [0.15, 0.2) is 0 Å². The molecule has 6 amide bonds. The van der Waals surface area contributed by atoms with Crippen molar-refractivity contribution < 1.29 is 24.0 Å². The van der Waals surface area contributed by atoms with Crippen molar-refractivity contribution >= 4 is 29.7 Å². The lowest BCUT2D eigenvalue weighted by Crippen LogP contribution is -2.59. The van der Waals surface area contributed by atoms with Gasteiger partial charge >= 0.3 is 6.03 Å². The first kappa shape index (κ1) is 33.4. The van der Waals surface area contributed by atoms with Crippen LogP contribution in [-0.4, -0.2) is 71.8 Å². The summed E-state index contributed by atoms with van der Waals surface area (Å²) in [6.07, 6.45) is 6.88. The predicted octanol–water partition coefficient (Wildman–Crippen LogP) is 2.33. The average molecular weight is 565 g/mol. The van der Waals surface area contributed by atoms with Crippen LogP contribution >= 0.6 is 0 Å². The quantitative estimate of drug-likeness (QED) is 0.243. The van der Waals surface area contributed by atoms with E-state index in [0.29, 0.717) is 32.4 Å². The Morgan fingerprint density at radius 2 is 1.50 bits per heavy atom. The normalized spacial score (nSPS) is 20.9. The molecule has 11 nitrogen and oxygen atoms in total. The van der Waals surface area contributed by atoms with E-state index in [9.17, 15) is 24.0 Å². The van der Waals surface area contributed by atoms with Gasteiger partial charge in [-0.25, -0.2) is 4.79 Å². The van der Waals surface area contributed by atoms with Gasteiger partial charge in [0.2, 0.25) is 23.6 Å². The SMILES string of the molecule is CC(C)(C)CC(=O)NCCCC(NC(=O)C1C(NC(=O)NC2CCCCC2)CCN1C(=O)CC(C)(C)C)C(N)=O. The molecule has 0 radical (unpaired) electrons. The predicted molar refractivity (Wildman–Crippen MR) is 154 cm³/mol. The molecule has 1 heterocycles. The lowest BCUT2D eigenvalue weighted by atomic mass is 9.91. The fraction of sp³-hybridized carbons (Fsp3) is 0.828. The van der Waals surface area contributed by atoms with E-state index >= 15 is 0 Å². The molecule has 3 atom stereocenters. The minimum absolute atomic E-state index is 0.0773. The van der Waals surface area contributed by atoms with Crippen molar-refractivity contribution in [1.29, 1.82) is 0 Å². The number of nitrogens with one attached hydrogen (secondary N) is 4. The zero-order chi connectivity index (χ0) is 30.1. The zero-order valence-electron chi connectivity index (χ0n) is 25.4. The Hall–Kier alpha value is -2.85. The Morgan fingerprint density at radius 3 is 2.08 bits per heavy atom. The number of hydrogen-bond donors (Lipinski definition) is 5. The fourth-order valence-corrected chi connectivity index (χ4v) is 5.37. The summed E-state index contributed by atoms with van der Waals surface area (Å²) in [4.78, 5) is 65.4. The molecule has 3 unspecified atom stereocenters. The summed E-state index contributed by atoms with van der Waals surface area (Å²) in [5, 5.41) is 11.5. The third-order valence-electron chi connectivity index (χ3n) is 7.27. The monoisotopic (exact) mass is 564 g/mol. The van der Waals surface area contributed by atoms with Crippen molar-refractivity contribution in [2.45, 2.75) is 130 Å². The van der Waals surface area contributed by atoms with Gasteiger partial charge < -0.3 is 31.9 Å². The summed E-state index contributed by atoms with van der Waals surface area (Å²) in [6.45, 7) is 12.5. The lowest BCUT2D eigenvalue weighted by molar-refractivity contribution is -0.141. The highest BCUT2D eigenvalue weighted by molar-refractivity contribution is 5.93. The van der Waals surface area contributed by atoms with Gasteiger partial charge in [-0.2, -0.15) is 0 Å². The van der Waals surface area contributed by atoms with Crippen molar-refractivity contribution in [3.05, 3.63) is 0 Å². The molecule has 2 fully saturated rings. The third kappa shape index (κ3) is 11.7. The molecule has 6 N–H and O–H groups in total. The molecule has 2 aliphatic rings. The highest BCUT2D eigenvalue weighted by Gasteiger charge is 2.44. The highest BCUT2D eigenvalue weighted by atomic mass is 16.2. The van der Waals surface area contributed by atoms with Crippen LogP contribution in [0.25, 0.3) is 0 Å². The number of likely N-dealkylation sites (tertiary alicyclic amines) is 1. The van der Waals surface area contributed by atoms with Gasteiger partial charge in [0.05, 0.1) is 6.04 Å². The van der Waals surface area contributed by atoms with Crippen LogP contribution in [0.3, 0.4) is 0 Å². The second-order valence-corrected chi connectivity index (χ2v) is 13.8. The molecular weight excluding hydrogens is 512 g/mol. The smallest absolute Gasteiger partial charge is 0.315 e. The molecule has 1 aliphatic carbocycles. The second-order valence-electron chi connectivity index (χ2n) is 13.8. The molecule has 40 heavy (non-hydrogen) atoms. The van der Waals surface area contributed by atoms with Crippen molar-refractivity contribution in [3.63, 3.8) is 0 Å². The van der Waals surface area contributed by atoms with Gasteiger partial charge in [0.1, 0.15) is 12.1 Å². The summed E-state index contributed by atoms with van der Waals surface area (Å²) < 4.78 is 0. The molecule has 1 aliphatic heterocycles. The number of primary amides is 1. The first-order chi connectivity index (χ1) is 18.6. The number of amides is 6. The van der Waals surface area contributed by atoms with Crippen molar-refractivity contribution in [3.8, 4) is 0 Å². The molecule has 1 saturated carbocycles. The van der Waals surface area contributed by atoms with Crippen molar-refractivity contribution in [2.75, 3.05) is 13.1 Å². The highest BCUT2D eigenvalue weighted by Crippen LogP contribution is 2.26. The maximum atomic E-state index is 13.6. The number of rotatable bonds is 11. The van der Waals surface area contributed by atoms with Crippen LogP contribution in [0.4, 0.5) is 4.79 Å². The largest absolute Gasteiger partial charge is 0.368 e. The van der Waals surface area contributed by atoms with Gasteiger partial charge in [-0.1, -0.05) is 60.8 Å². The number of carbonyl (C=O) groups is 5. The van der Waals surface area contributed by atoms with Crippen molar-refractivity contribution in [2.24, 2.45) is 16.6 Å². The lowest BCUT2D eigenvalue weighted by Gasteiger charge is -2.31. The van der Waals surface area contributed by atoms with Gasteiger partial charge in [-0.3, -0.25) is 19.2 Å². The van der Waals surface area contributed by atoms with Crippen molar-refractivity contribution in [1.82, 2.24) is 26.2 Å². The number of carbonyl (C=O) groups excluding carboxylic acids is 5. The van der Waals surface area contributed by atoms with Crippen LogP contribution in [0.1, 0.15) is 106 Å². The Kier molecular flexibility index (Phi) is 12.2. The van der Waals surface area contributed by atoms with E-state index < -0.39 is 29.9 Å². The molecule has 0 aromatic rings. The van der Waals surface area contributed by atoms with E-state index in [2.05, 4.69) is 21.3 Å². The summed E-state index contributed by atoms with van der Waals surface area (Å²) in [7, 11) is 0. The Labute approximate surface area is 239 Å². The van der Waals surface area contributed by atoms with Crippen LogP contribution in [-0.2, 0) is 19.2 Å². The maximum absolute atomic E-state index is 13.6. The van der Waals surface area contributed by atoms with Gasteiger partial charge in [0.25, 0.3) is 0 Å². The minimum atomic E-state index is -0.969. The van der Waals surface area contributed by atoms with E-state index in [1.165, 1.54) is 11.3 Å². The second kappa shape index (κ2) is 14.7. The Morgan fingerprint density at radius 1 is 0.875 bits per heavy atom. The molecule has 0 aromatic heterocycles. The van der Waals surface area contributed by atoms with Gasteiger partial charge in [-0.05, 0) is 42.9 Å². The number of urea groups is 1.